The Labute approximate surface area is 99.7 Å². The molecule has 1 saturated heterocycles. The number of nitrogens with zero attached hydrogens (tertiary/aromatic N) is 3. The summed E-state index contributed by atoms with van der Waals surface area (Å²) in [7, 11) is 2.23. The zero-order valence-electron chi connectivity index (χ0n) is 10.6. The molecule has 0 N–H and O–H groups in total. The Balaban J connectivity index is 0.000000325. The van der Waals surface area contributed by atoms with Crippen molar-refractivity contribution in [2.75, 3.05) is 13.6 Å². The van der Waals surface area contributed by atoms with E-state index in [0.717, 1.165) is 5.92 Å². The molecule has 0 aromatic rings. The number of hydrogen-bond donors (Lipinski definition) is 0. The number of piperidine rings is 1. The first-order valence-electron chi connectivity index (χ1n) is 5.36. The monoisotopic (exact) mass is 249 g/mol. The van der Waals surface area contributed by atoms with Crippen LogP contribution in [0, 0.1) is 26.1 Å². The number of hydrogen-bond acceptors (Lipinski definition) is 6. The van der Waals surface area contributed by atoms with E-state index in [4.69, 9.17) is 20.2 Å². The summed E-state index contributed by atoms with van der Waals surface area (Å²) < 4.78 is 0. The van der Waals surface area contributed by atoms with Crippen LogP contribution in [0.5, 0.6) is 0 Å². The molecular weight excluding hydrogens is 230 g/mol. The molecule has 0 spiro atoms. The molecular formula is C9H19N3O5. The van der Waals surface area contributed by atoms with Crippen LogP contribution in [0.15, 0.2) is 0 Å². The Bertz CT molecular complexity index is 258. The van der Waals surface area contributed by atoms with E-state index in [1.165, 1.54) is 19.4 Å². The Kier molecular flexibility index (Phi) is 5.80. The number of rotatable bonds is 2. The average molecular weight is 249 g/mol. The quantitative estimate of drug-likeness (QED) is 0.543. The molecule has 1 fully saturated rings. The summed E-state index contributed by atoms with van der Waals surface area (Å²) in [5.41, 5.74) is 0.429. The summed E-state index contributed by atoms with van der Waals surface area (Å²) >= 11 is 0. The van der Waals surface area contributed by atoms with Gasteiger partial charge in [0.2, 0.25) is 0 Å². The molecule has 100 valence electrons. The molecule has 0 amide bonds. The fraction of sp³-hybridized carbons (Fsp3) is 1.00. The smallest absolute Gasteiger partial charge is 0.301 e. The van der Waals surface area contributed by atoms with Crippen molar-refractivity contribution in [1.29, 1.82) is 0 Å². The van der Waals surface area contributed by atoms with Crippen LogP contribution in [-0.4, -0.2) is 34.2 Å². The van der Waals surface area contributed by atoms with Gasteiger partial charge >= 0.3 is 10.2 Å². The third-order valence-electron chi connectivity index (χ3n) is 3.45. The Morgan fingerprint density at radius 3 is 2.00 bits per heavy atom. The Morgan fingerprint density at radius 2 is 1.76 bits per heavy atom. The molecule has 1 aliphatic heterocycles. The van der Waals surface area contributed by atoms with Crippen LogP contribution in [0.3, 0.4) is 0 Å². The lowest BCUT2D eigenvalue weighted by Crippen LogP contribution is -2.49. The van der Waals surface area contributed by atoms with Gasteiger partial charge in [-0.2, -0.15) is 0 Å². The van der Waals surface area contributed by atoms with Crippen molar-refractivity contribution >= 4 is 0 Å². The predicted molar refractivity (Wildman–Crippen MR) is 60.2 cm³/mol. The van der Waals surface area contributed by atoms with E-state index >= 15 is 0 Å². The highest BCUT2D eigenvalue weighted by Crippen LogP contribution is 2.30. The maximum absolute atomic E-state index is 8.95. The van der Waals surface area contributed by atoms with Gasteiger partial charge in [0.25, 0.3) is 0 Å². The molecule has 0 bridgehead atoms. The minimum Gasteiger partial charge on any atom is -0.301 e. The van der Waals surface area contributed by atoms with Gasteiger partial charge in [-0.3, -0.25) is 0 Å². The van der Waals surface area contributed by atoms with Gasteiger partial charge in [-0.25, -0.2) is 0 Å². The summed E-state index contributed by atoms with van der Waals surface area (Å²) in [4.78, 5) is 23.1. The Morgan fingerprint density at radius 1 is 1.29 bits per heavy atom. The van der Waals surface area contributed by atoms with Crippen molar-refractivity contribution in [3.05, 3.63) is 20.2 Å². The summed E-state index contributed by atoms with van der Waals surface area (Å²) in [5.74, 6) is 0.853. The molecule has 1 heterocycles. The van der Waals surface area contributed by atoms with Crippen molar-refractivity contribution < 1.29 is 15.1 Å². The highest BCUT2D eigenvalue weighted by atomic mass is 17.1. The molecule has 0 saturated carbocycles. The van der Waals surface area contributed by atoms with Gasteiger partial charge in [-0.15, -0.1) is 20.2 Å². The van der Waals surface area contributed by atoms with Crippen LogP contribution >= 0.6 is 0 Å². The molecule has 1 atom stereocenters. The minimum atomic E-state index is -1.50. The molecule has 8 nitrogen and oxygen atoms in total. The normalized spacial score (nSPS) is 23.2. The van der Waals surface area contributed by atoms with Crippen molar-refractivity contribution in [2.45, 2.75) is 39.2 Å². The maximum Gasteiger partial charge on any atom is 0.356 e. The van der Waals surface area contributed by atoms with E-state index in [9.17, 15) is 0 Å². The lowest BCUT2D eigenvalue weighted by molar-refractivity contribution is -1.03. The first-order valence-corrected chi connectivity index (χ1v) is 5.36. The first-order chi connectivity index (χ1) is 7.67. The topological polar surface area (TPSA) is 98.8 Å². The van der Waals surface area contributed by atoms with Crippen LogP contribution in [-0.2, 0) is 4.94 Å². The van der Waals surface area contributed by atoms with Crippen molar-refractivity contribution in [3.8, 4) is 0 Å². The predicted octanol–water partition coefficient (Wildman–Crippen LogP) is 1.51. The minimum absolute atomic E-state index is 0.429. The van der Waals surface area contributed by atoms with Gasteiger partial charge in [0.05, 0.1) is 0 Å². The first kappa shape index (κ1) is 15.6. The van der Waals surface area contributed by atoms with Crippen LogP contribution in [0.2, 0.25) is 0 Å². The molecule has 0 aromatic carbocycles. The Hall–Kier alpha value is -1.44. The SMILES string of the molecule is CC1CCCN(C)C1(C)C.O=[N+]([O-])O[N+](=O)[O-]. The molecule has 1 aliphatic rings. The summed E-state index contributed by atoms with van der Waals surface area (Å²) in [6.07, 6.45) is 2.78. The van der Waals surface area contributed by atoms with E-state index in [1.807, 2.05) is 0 Å². The lowest BCUT2D eigenvalue weighted by atomic mass is 9.81. The fourth-order valence-electron chi connectivity index (χ4n) is 1.71. The summed E-state index contributed by atoms with van der Waals surface area (Å²) in [6.45, 7) is 8.32. The van der Waals surface area contributed by atoms with Crippen LogP contribution in [0.4, 0.5) is 0 Å². The maximum atomic E-state index is 8.95. The largest absolute Gasteiger partial charge is 0.356 e. The van der Waals surface area contributed by atoms with Crippen LogP contribution in [0.1, 0.15) is 33.6 Å². The summed E-state index contributed by atoms with van der Waals surface area (Å²) in [5, 5.41) is 14.9. The van der Waals surface area contributed by atoms with E-state index < -0.39 is 10.2 Å². The van der Waals surface area contributed by atoms with Gasteiger partial charge in [-0.05, 0) is 46.2 Å². The second-order valence-corrected chi connectivity index (χ2v) is 4.65. The van der Waals surface area contributed by atoms with Crippen LogP contribution in [0.25, 0.3) is 0 Å². The van der Waals surface area contributed by atoms with E-state index in [-0.39, 0.29) is 0 Å². The van der Waals surface area contributed by atoms with Gasteiger partial charge in [0.15, 0.2) is 0 Å². The molecule has 17 heavy (non-hydrogen) atoms. The zero-order valence-corrected chi connectivity index (χ0v) is 10.6. The average Bonchev–Trinajstić information content (AvgIpc) is 2.13. The summed E-state index contributed by atoms with van der Waals surface area (Å²) in [6, 6.07) is 0. The second kappa shape index (κ2) is 6.33. The number of likely N-dealkylation sites (tertiary alicyclic amines) is 1. The fourth-order valence-corrected chi connectivity index (χ4v) is 1.71. The molecule has 0 radical (unpaired) electrons. The molecule has 1 unspecified atom stereocenters. The van der Waals surface area contributed by atoms with Gasteiger partial charge < -0.3 is 4.90 Å². The van der Waals surface area contributed by atoms with Crippen LogP contribution < -0.4 is 0 Å². The second-order valence-electron chi connectivity index (χ2n) is 4.65. The van der Waals surface area contributed by atoms with Crippen molar-refractivity contribution in [2.24, 2.45) is 5.92 Å². The van der Waals surface area contributed by atoms with E-state index in [2.05, 4.69) is 37.7 Å². The third kappa shape index (κ3) is 5.43. The van der Waals surface area contributed by atoms with Gasteiger partial charge in [-0.1, -0.05) is 6.92 Å². The van der Waals surface area contributed by atoms with Crippen molar-refractivity contribution in [3.63, 3.8) is 0 Å². The van der Waals surface area contributed by atoms with Gasteiger partial charge in [0, 0.05) is 10.5 Å². The lowest BCUT2D eigenvalue weighted by Gasteiger charge is -2.44. The van der Waals surface area contributed by atoms with Gasteiger partial charge in [0.1, 0.15) is 0 Å². The third-order valence-corrected chi connectivity index (χ3v) is 3.45. The highest BCUT2D eigenvalue weighted by Gasteiger charge is 2.32. The van der Waals surface area contributed by atoms with E-state index in [0.29, 0.717) is 5.54 Å². The molecule has 0 aliphatic carbocycles. The molecule has 1 rings (SSSR count). The highest BCUT2D eigenvalue weighted by molar-refractivity contribution is 4.88. The molecule has 8 heteroatoms. The molecule has 0 aromatic heterocycles. The van der Waals surface area contributed by atoms with E-state index in [1.54, 1.807) is 0 Å². The van der Waals surface area contributed by atoms with Crippen molar-refractivity contribution in [1.82, 2.24) is 4.90 Å². The standard InChI is InChI=1S/C9H19N.N2O5/c1-8-6-5-7-10(4)9(8,2)3;3-1(4)7-2(5)6/h8H,5-7H2,1-4H3;. The zero-order chi connectivity index (χ0) is 13.6.